The van der Waals surface area contributed by atoms with E-state index in [9.17, 15) is 18.0 Å². The number of methoxy groups -OCH3 is 1. The standard InChI is InChI=1S/C26H23F3N4O4/c1-36-19-9-8-16-11-18(7-6-17(16)12-19)23(26(27,28)29)37-22-13-21(32-25(31)33-22)15-4-2-14(3-5-15)10-20(30)24(34)35/h2-9,11-13,20,23H,10,30H2,1H3,(H,34,35)(H2,31,32,33). The van der Waals surface area contributed by atoms with Crippen LogP contribution < -0.4 is 20.9 Å². The second kappa shape index (κ2) is 10.3. The van der Waals surface area contributed by atoms with Gasteiger partial charge in [-0.2, -0.15) is 18.2 Å². The number of benzene rings is 3. The fraction of sp³-hybridized carbons (Fsp3) is 0.192. The molecule has 192 valence electrons. The number of alkyl halides is 3. The van der Waals surface area contributed by atoms with Gasteiger partial charge in [0.2, 0.25) is 17.9 Å². The molecule has 5 N–H and O–H groups in total. The van der Waals surface area contributed by atoms with E-state index in [-0.39, 0.29) is 29.5 Å². The van der Waals surface area contributed by atoms with Crippen LogP contribution in [0, 0.1) is 0 Å². The van der Waals surface area contributed by atoms with Gasteiger partial charge >= 0.3 is 12.1 Å². The van der Waals surface area contributed by atoms with Gasteiger partial charge in [0.25, 0.3) is 0 Å². The zero-order valence-electron chi connectivity index (χ0n) is 19.6. The van der Waals surface area contributed by atoms with E-state index in [1.807, 2.05) is 0 Å². The summed E-state index contributed by atoms with van der Waals surface area (Å²) >= 11 is 0. The maximum absolute atomic E-state index is 14.1. The lowest BCUT2D eigenvalue weighted by atomic mass is 10.0. The lowest BCUT2D eigenvalue weighted by molar-refractivity contribution is -0.198. The van der Waals surface area contributed by atoms with Crippen molar-refractivity contribution in [2.45, 2.75) is 24.7 Å². The molecule has 0 radical (unpaired) electrons. The number of aliphatic carboxylic acids is 1. The van der Waals surface area contributed by atoms with Crippen LogP contribution in [-0.4, -0.2) is 40.4 Å². The minimum atomic E-state index is -4.75. The summed E-state index contributed by atoms with van der Waals surface area (Å²) in [5, 5.41) is 10.3. The van der Waals surface area contributed by atoms with Crippen molar-refractivity contribution in [3.63, 3.8) is 0 Å². The van der Waals surface area contributed by atoms with Gasteiger partial charge in [-0.1, -0.05) is 42.5 Å². The number of hydrogen-bond donors (Lipinski definition) is 3. The Morgan fingerprint density at radius 1 is 1.00 bits per heavy atom. The van der Waals surface area contributed by atoms with Gasteiger partial charge in [0.15, 0.2) is 0 Å². The number of hydrogen-bond acceptors (Lipinski definition) is 7. The first-order valence-corrected chi connectivity index (χ1v) is 11.1. The molecule has 2 atom stereocenters. The van der Waals surface area contributed by atoms with Crippen molar-refractivity contribution in [1.29, 1.82) is 0 Å². The van der Waals surface area contributed by atoms with Crippen molar-refractivity contribution in [3.8, 4) is 22.9 Å². The molecule has 0 bridgehead atoms. The number of fused-ring (bicyclic) bond motifs is 1. The molecular formula is C26H23F3N4O4. The number of carbonyl (C=O) groups is 1. The molecule has 0 spiro atoms. The number of aromatic nitrogens is 2. The van der Waals surface area contributed by atoms with Gasteiger partial charge in [-0.25, -0.2) is 4.98 Å². The van der Waals surface area contributed by atoms with E-state index in [0.29, 0.717) is 27.6 Å². The summed E-state index contributed by atoms with van der Waals surface area (Å²) in [7, 11) is 1.51. The largest absolute Gasteiger partial charge is 0.497 e. The van der Waals surface area contributed by atoms with Crippen molar-refractivity contribution < 1.29 is 32.5 Å². The molecule has 1 heterocycles. The molecule has 0 aliphatic heterocycles. The molecule has 4 rings (SSSR count). The minimum absolute atomic E-state index is 0.108. The topological polar surface area (TPSA) is 134 Å². The summed E-state index contributed by atoms with van der Waals surface area (Å²) in [4.78, 5) is 18.9. The average molecular weight is 512 g/mol. The van der Waals surface area contributed by atoms with E-state index in [1.165, 1.54) is 25.3 Å². The number of carboxylic acid groups (broad SMARTS) is 1. The van der Waals surface area contributed by atoms with Crippen LogP contribution in [0.4, 0.5) is 19.1 Å². The van der Waals surface area contributed by atoms with E-state index >= 15 is 0 Å². The van der Waals surface area contributed by atoms with Crippen molar-refractivity contribution in [2.75, 3.05) is 12.8 Å². The fourth-order valence-corrected chi connectivity index (χ4v) is 3.78. The molecule has 2 unspecified atom stereocenters. The van der Waals surface area contributed by atoms with Crippen LogP contribution >= 0.6 is 0 Å². The van der Waals surface area contributed by atoms with E-state index in [1.54, 1.807) is 48.5 Å². The number of halogens is 3. The number of anilines is 1. The van der Waals surface area contributed by atoms with Gasteiger partial charge in [0.05, 0.1) is 12.8 Å². The quantitative estimate of drug-likeness (QED) is 0.314. The van der Waals surface area contributed by atoms with E-state index in [4.69, 9.17) is 26.0 Å². The molecule has 4 aromatic rings. The summed E-state index contributed by atoms with van der Waals surface area (Å²) in [5.41, 5.74) is 12.7. The highest BCUT2D eigenvalue weighted by Gasteiger charge is 2.43. The number of nitrogen functional groups attached to an aromatic ring is 1. The Hall–Kier alpha value is -4.38. The first-order valence-electron chi connectivity index (χ1n) is 11.1. The maximum Gasteiger partial charge on any atom is 0.429 e. The molecule has 0 fully saturated rings. The van der Waals surface area contributed by atoms with Crippen LogP contribution in [0.1, 0.15) is 17.2 Å². The lowest BCUT2D eigenvalue weighted by Crippen LogP contribution is -2.32. The first-order chi connectivity index (χ1) is 17.5. The van der Waals surface area contributed by atoms with Crippen molar-refractivity contribution in [3.05, 3.63) is 77.9 Å². The van der Waals surface area contributed by atoms with Gasteiger partial charge in [-0.05, 0) is 41.0 Å². The van der Waals surface area contributed by atoms with Crippen LogP contribution in [0.5, 0.6) is 11.6 Å². The third kappa shape index (κ3) is 6.07. The fourth-order valence-electron chi connectivity index (χ4n) is 3.78. The normalized spacial score (nSPS) is 13.2. The Morgan fingerprint density at radius 3 is 2.32 bits per heavy atom. The van der Waals surface area contributed by atoms with E-state index in [2.05, 4.69) is 9.97 Å². The van der Waals surface area contributed by atoms with E-state index < -0.39 is 24.3 Å². The molecule has 11 heteroatoms. The smallest absolute Gasteiger partial charge is 0.429 e. The van der Waals surface area contributed by atoms with Crippen LogP contribution in [0.2, 0.25) is 0 Å². The Labute approximate surface area is 209 Å². The zero-order chi connectivity index (χ0) is 26.7. The van der Waals surface area contributed by atoms with Gasteiger partial charge in [-0.15, -0.1) is 0 Å². The van der Waals surface area contributed by atoms with Crippen LogP contribution in [0.25, 0.3) is 22.0 Å². The third-order valence-corrected chi connectivity index (χ3v) is 5.65. The number of nitrogens with zero attached hydrogens (tertiary/aromatic N) is 2. The Morgan fingerprint density at radius 2 is 1.68 bits per heavy atom. The van der Waals surface area contributed by atoms with E-state index in [0.717, 1.165) is 0 Å². The molecule has 0 amide bonds. The number of carboxylic acids is 1. The summed E-state index contributed by atoms with van der Waals surface area (Å²) in [6.07, 6.45) is -6.94. The summed E-state index contributed by atoms with van der Waals surface area (Å²) < 4.78 is 52.7. The van der Waals surface area contributed by atoms with Gasteiger partial charge < -0.3 is 26.0 Å². The highest BCUT2D eigenvalue weighted by Crippen LogP contribution is 2.38. The van der Waals surface area contributed by atoms with Gasteiger partial charge in [0.1, 0.15) is 11.8 Å². The summed E-state index contributed by atoms with van der Waals surface area (Å²) in [5.74, 6) is -1.15. The van der Waals surface area contributed by atoms with Crippen molar-refractivity contribution in [1.82, 2.24) is 9.97 Å². The monoisotopic (exact) mass is 512 g/mol. The number of ether oxygens (including phenoxy) is 2. The molecule has 8 nitrogen and oxygen atoms in total. The molecule has 0 aliphatic rings. The second-order valence-corrected chi connectivity index (χ2v) is 8.31. The van der Waals surface area contributed by atoms with Gasteiger partial charge in [0, 0.05) is 17.2 Å². The Balaban J connectivity index is 1.63. The average Bonchev–Trinajstić information content (AvgIpc) is 2.86. The second-order valence-electron chi connectivity index (χ2n) is 8.31. The first kappa shape index (κ1) is 25.7. The maximum atomic E-state index is 14.1. The highest BCUT2D eigenvalue weighted by atomic mass is 19.4. The summed E-state index contributed by atoms with van der Waals surface area (Å²) in [6, 6.07) is 16.1. The third-order valence-electron chi connectivity index (χ3n) is 5.65. The zero-order valence-corrected chi connectivity index (χ0v) is 19.6. The molecule has 0 aliphatic carbocycles. The molecule has 1 aromatic heterocycles. The van der Waals surface area contributed by atoms with Crippen molar-refractivity contribution >= 4 is 22.7 Å². The molecule has 0 saturated heterocycles. The molecule has 37 heavy (non-hydrogen) atoms. The lowest BCUT2D eigenvalue weighted by Gasteiger charge is -2.22. The van der Waals surface area contributed by atoms with Crippen LogP contribution in [0.3, 0.4) is 0 Å². The Kier molecular flexibility index (Phi) is 7.16. The molecule has 0 saturated carbocycles. The summed E-state index contributed by atoms with van der Waals surface area (Å²) in [6.45, 7) is 0. The predicted molar refractivity (Wildman–Crippen MR) is 131 cm³/mol. The minimum Gasteiger partial charge on any atom is -0.497 e. The highest BCUT2D eigenvalue weighted by molar-refractivity contribution is 5.84. The Bertz CT molecular complexity index is 1430. The van der Waals surface area contributed by atoms with Gasteiger partial charge in [-0.3, -0.25) is 4.79 Å². The van der Waals surface area contributed by atoms with Crippen LogP contribution in [-0.2, 0) is 11.2 Å². The molecular weight excluding hydrogens is 489 g/mol. The van der Waals surface area contributed by atoms with Crippen molar-refractivity contribution in [2.24, 2.45) is 5.73 Å². The number of rotatable bonds is 8. The molecule has 3 aromatic carbocycles. The van der Waals surface area contributed by atoms with Crippen LogP contribution in [0.15, 0.2) is 66.7 Å². The predicted octanol–water partition coefficient (Wildman–Crippen LogP) is 4.52. The SMILES string of the molecule is COc1ccc2cc(C(Oc3cc(-c4ccc(CC(N)C(=O)O)cc4)nc(N)n3)C(F)(F)F)ccc2c1. The number of nitrogens with two attached hydrogens (primary N) is 2.